The van der Waals surface area contributed by atoms with Crippen LogP contribution in [0.25, 0.3) is 0 Å². The molecule has 134 valence electrons. The molecule has 1 heterocycles. The lowest BCUT2D eigenvalue weighted by Crippen LogP contribution is -2.40. The van der Waals surface area contributed by atoms with E-state index in [4.69, 9.17) is 14.5 Å². The number of hydrogen-bond acceptors (Lipinski definition) is 3. The third-order valence-corrected chi connectivity index (χ3v) is 4.37. The van der Waals surface area contributed by atoms with Gasteiger partial charge in [0.15, 0.2) is 5.96 Å². The van der Waals surface area contributed by atoms with Crippen molar-refractivity contribution in [3.8, 4) is 0 Å². The largest absolute Gasteiger partial charge is 0.382 e. The van der Waals surface area contributed by atoms with Gasteiger partial charge in [-0.2, -0.15) is 0 Å². The molecule has 1 fully saturated rings. The first-order valence-corrected chi connectivity index (χ1v) is 8.89. The van der Waals surface area contributed by atoms with Crippen LogP contribution in [0.15, 0.2) is 29.3 Å². The first kappa shape index (κ1) is 18.7. The third-order valence-electron chi connectivity index (χ3n) is 4.37. The average Bonchev–Trinajstić information content (AvgIpc) is 3.05. The smallest absolute Gasteiger partial charge is 0.194 e. The van der Waals surface area contributed by atoms with Crippen LogP contribution in [0.5, 0.6) is 0 Å². The molecule has 1 aliphatic rings. The molecule has 1 aromatic rings. The van der Waals surface area contributed by atoms with Crippen LogP contribution in [0, 0.1) is 12.8 Å². The first-order chi connectivity index (χ1) is 11.7. The molecule has 24 heavy (non-hydrogen) atoms. The maximum atomic E-state index is 5.68. The van der Waals surface area contributed by atoms with Gasteiger partial charge in [-0.05, 0) is 31.4 Å². The van der Waals surface area contributed by atoms with E-state index in [1.54, 1.807) is 7.11 Å². The zero-order valence-electron chi connectivity index (χ0n) is 15.3. The van der Waals surface area contributed by atoms with Crippen molar-refractivity contribution in [3.63, 3.8) is 0 Å². The quantitative estimate of drug-likeness (QED) is 0.451. The SMILES string of the molecule is CCNC(=NCc1ccccc1C)N1CCC(COCCOC)C1. The molecule has 1 saturated heterocycles. The Labute approximate surface area is 146 Å². The minimum Gasteiger partial charge on any atom is -0.382 e. The maximum Gasteiger partial charge on any atom is 0.194 e. The van der Waals surface area contributed by atoms with Crippen LogP contribution < -0.4 is 5.32 Å². The van der Waals surface area contributed by atoms with E-state index >= 15 is 0 Å². The predicted octanol–water partition coefficient (Wildman–Crippen LogP) is 2.45. The van der Waals surface area contributed by atoms with Gasteiger partial charge in [0.2, 0.25) is 0 Å². The molecule has 1 aliphatic heterocycles. The van der Waals surface area contributed by atoms with E-state index in [1.807, 2.05) is 0 Å². The van der Waals surface area contributed by atoms with Gasteiger partial charge >= 0.3 is 0 Å². The summed E-state index contributed by atoms with van der Waals surface area (Å²) in [6, 6.07) is 8.44. The summed E-state index contributed by atoms with van der Waals surface area (Å²) >= 11 is 0. The van der Waals surface area contributed by atoms with Gasteiger partial charge in [-0.3, -0.25) is 0 Å². The Morgan fingerprint density at radius 2 is 2.17 bits per heavy atom. The van der Waals surface area contributed by atoms with Crippen LogP contribution in [-0.2, 0) is 16.0 Å². The van der Waals surface area contributed by atoms with Gasteiger partial charge in [0.05, 0.1) is 26.4 Å². The fourth-order valence-corrected chi connectivity index (χ4v) is 2.93. The van der Waals surface area contributed by atoms with Gasteiger partial charge in [0.25, 0.3) is 0 Å². The second-order valence-electron chi connectivity index (χ2n) is 6.27. The Balaban J connectivity index is 1.88. The average molecular weight is 333 g/mol. The maximum absolute atomic E-state index is 5.68. The molecular weight excluding hydrogens is 302 g/mol. The number of ether oxygens (including phenoxy) is 2. The van der Waals surface area contributed by atoms with E-state index < -0.39 is 0 Å². The van der Waals surface area contributed by atoms with Gasteiger partial charge in [-0.25, -0.2) is 4.99 Å². The van der Waals surface area contributed by atoms with Crippen LogP contribution in [-0.4, -0.2) is 57.4 Å². The van der Waals surface area contributed by atoms with E-state index in [0.29, 0.717) is 19.1 Å². The number of nitrogens with one attached hydrogen (secondary N) is 1. The van der Waals surface area contributed by atoms with Crippen molar-refractivity contribution in [2.75, 3.05) is 46.6 Å². The Kier molecular flexibility index (Phi) is 8.05. The number of likely N-dealkylation sites (tertiary alicyclic amines) is 1. The molecular formula is C19H31N3O2. The minimum atomic E-state index is 0.573. The first-order valence-electron chi connectivity index (χ1n) is 8.89. The zero-order chi connectivity index (χ0) is 17.2. The van der Waals surface area contributed by atoms with E-state index in [-0.39, 0.29) is 0 Å². The molecule has 2 rings (SSSR count). The van der Waals surface area contributed by atoms with Crippen LogP contribution in [0.4, 0.5) is 0 Å². The predicted molar refractivity (Wildman–Crippen MR) is 98.4 cm³/mol. The van der Waals surface area contributed by atoms with Gasteiger partial charge in [0, 0.05) is 32.7 Å². The van der Waals surface area contributed by atoms with E-state index in [9.17, 15) is 0 Å². The number of rotatable bonds is 8. The summed E-state index contributed by atoms with van der Waals surface area (Å²) in [6.07, 6.45) is 1.15. The van der Waals surface area contributed by atoms with Crippen LogP contribution in [0.1, 0.15) is 24.5 Å². The molecule has 5 heteroatoms. The Bertz CT molecular complexity index is 519. The van der Waals surface area contributed by atoms with Crippen LogP contribution >= 0.6 is 0 Å². The molecule has 1 aromatic carbocycles. The van der Waals surface area contributed by atoms with Crippen molar-refractivity contribution in [1.29, 1.82) is 0 Å². The number of aryl methyl sites for hydroxylation is 1. The molecule has 0 amide bonds. The number of aliphatic imine (C=N–C) groups is 1. The summed E-state index contributed by atoms with van der Waals surface area (Å²) < 4.78 is 10.7. The van der Waals surface area contributed by atoms with E-state index in [1.165, 1.54) is 11.1 Å². The molecule has 0 spiro atoms. The summed E-state index contributed by atoms with van der Waals surface area (Å²) in [5, 5.41) is 3.43. The van der Waals surface area contributed by atoms with Crippen molar-refractivity contribution < 1.29 is 9.47 Å². The highest BCUT2D eigenvalue weighted by atomic mass is 16.5. The standard InChI is InChI=1S/C19H31N3O2/c1-4-20-19(21-13-18-8-6-5-7-16(18)2)22-10-9-17(14-22)15-24-12-11-23-3/h5-8,17H,4,9-15H2,1-3H3,(H,20,21). The number of guanidine groups is 1. The van der Waals surface area contributed by atoms with Crippen molar-refractivity contribution in [2.24, 2.45) is 10.9 Å². The van der Waals surface area contributed by atoms with E-state index in [2.05, 4.69) is 48.3 Å². The highest BCUT2D eigenvalue weighted by Gasteiger charge is 2.24. The van der Waals surface area contributed by atoms with Gasteiger partial charge in [-0.1, -0.05) is 24.3 Å². The summed E-state index contributed by atoms with van der Waals surface area (Å²) in [4.78, 5) is 7.19. The molecule has 0 bridgehead atoms. The summed E-state index contributed by atoms with van der Waals surface area (Å²) in [6.45, 7) is 10.1. The number of nitrogens with zero attached hydrogens (tertiary/aromatic N) is 2. The summed E-state index contributed by atoms with van der Waals surface area (Å²) in [7, 11) is 1.70. The molecule has 0 aliphatic carbocycles. The van der Waals surface area contributed by atoms with Gasteiger partial charge < -0.3 is 19.7 Å². The normalized spacial score (nSPS) is 18.2. The van der Waals surface area contributed by atoms with Crippen molar-refractivity contribution in [3.05, 3.63) is 35.4 Å². The topological polar surface area (TPSA) is 46.1 Å². The lowest BCUT2D eigenvalue weighted by molar-refractivity contribution is 0.0536. The Hall–Kier alpha value is -1.59. The van der Waals surface area contributed by atoms with E-state index in [0.717, 1.165) is 45.2 Å². The fourth-order valence-electron chi connectivity index (χ4n) is 2.93. The van der Waals surface area contributed by atoms with Crippen molar-refractivity contribution in [2.45, 2.75) is 26.8 Å². The molecule has 0 radical (unpaired) electrons. The molecule has 1 atom stereocenters. The van der Waals surface area contributed by atoms with Gasteiger partial charge in [0.1, 0.15) is 0 Å². The molecule has 0 saturated carbocycles. The minimum absolute atomic E-state index is 0.573. The second-order valence-corrected chi connectivity index (χ2v) is 6.27. The van der Waals surface area contributed by atoms with Crippen molar-refractivity contribution in [1.82, 2.24) is 10.2 Å². The van der Waals surface area contributed by atoms with Crippen LogP contribution in [0.2, 0.25) is 0 Å². The zero-order valence-corrected chi connectivity index (χ0v) is 15.3. The van der Waals surface area contributed by atoms with Gasteiger partial charge in [-0.15, -0.1) is 0 Å². The monoisotopic (exact) mass is 333 g/mol. The summed E-state index contributed by atoms with van der Waals surface area (Å²) in [5.41, 5.74) is 2.58. The molecule has 1 unspecified atom stereocenters. The molecule has 0 aromatic heterocycles. The summed E-state index contributed by atoms with van der Waals surface area (Å²) in [5.74, 6) is 1.59. The lowest BCUT2D eigenvalue weighted by Gasteiger charge is -2.22. The highest BCUT2D eigenvalue weighted by molar-refractivity contribution is 5.80. The Morgan fingerprint density at radius 3 is 2.92 bits per heavy atom. The number of methoxy groups -OCH3 is 1. The Morgan fingerprint density at radius 1 is 1.33 bits per heavy atom. The lowest BCUT2D eigenvalue weighted by atomic mass is 10.1. The second kappa shape index (κ2) is 10.3. The highest BCUT2D eigenvalue weighted by Crippen LogP contribution is 2.17. The van der Waals surface area contributed by atoms with Crippen LogP contribution in [0.3, 0.4) is 0 Å². The fraction of sp³-hybridized carbons (Fsp3) is 0.632. The third kappa shape index (κ3) is 5.80. The number of benzene rings is 1. The number of hydrogen-bond donors (Lipinski definition) is 1. The van der Waals surface area contributed by atoms with Crippen molar-refractivity contribution >= 4 is 5.96 Å². The molecule has 5 nitrogen and oxygen atoms in total. The molecule has 1 N–H and O–H groups in total.